The molecule has 3 rings (SSSR count). The predicted molar refractivity (Wildman–Crippen MR) is 80.8 cm³/mol. The highest BCUT2D eigenvalue weighted by molar-refractivity contribution is 7.21. The largest absolute Gasteiger partial charge is 0.396 e. The Kier molecular flexibility index (Phi) is 3.56. The SMILES string of the molecule is CN(C(=O)c1sc2nccnc2c1N)C1CCCCC1. The van der Waals surface area contributed by atoms with Gasteiger partial charge in [-0.2, -0.15) is 0 Å². The summed E-state index contributed by atoms with van der Waals surface area (Å²) in [5.41, 5.74) is 7.17. The average Bonchev–Trinajstić information content (AvgIpc) is 2.84. The normalized spacial score (nSPS) is 16.4. The zero-order valence-corrected chi connectivity index (χ0v) is 12.3. The Labute approximate surface area is 121 Å². The fraction of sp³-hybridized carbons (Fsp3) is 0.500. The van der Waals surface area contributed by atoms with Gasteiger partial charge in [-0.25, -0.2) is 9.97 Å². The number of nitrogens with zero attached hydrogens (tertiary/aromatic N) is 3. The monoisotopic (exact) mass is 290 g/mol. The van der Waals surface area contributed by atoms with Gasteiger partial charge in [-0.3, -0.25) is 4.79 Å². The van der Waals surface area contributed by atoms with Gasteiger partial charge in [0.1, 0.15) is 15.2 Å². The average molecular weight is 290 g/mol. The third kappa shape index (κ3) is 2.24. The van der Waals surface area contributed by atoms with Crippen molar-refractivity contribution in [1.82, 2.24) is 14.9 Å². The van der Waals surface area contributed by atoms with Crippen LogP contribution in [-0.4, -0.2) is 33.9 Å². The molecule has 1 fully saturated rings. The lowest BCUT2D eigenvalue weighted by atomic mass is 9.94. The Morgan fingerprint density at radius 1 is 1.30 bits per heavy atom. The van der Waals surface area contributed by atoms with Crippen LogP contribution >= 0.6 is 11.3 Å². The molecule has 0 radical (unpaired) electrons. The molecule has 1 amide bonds. The van der Waals surface area contributed by atoms with Crippen LogP contribution in [0.15, 0.2) is 12.4 Å². The topological polar surface area (TPSA) is 72.1 Å². The number of anilines is 1. The quantitative estimate of drug-likeness (QED) is 0.923. The number of carbonyl (C=O) groups is 1. The molecule has 1 aliphatic rings. The fourth-order valence-electron chi connectivity index (χ4n) is 2.80. The van der Waals surface area contributed by atoms with E-state index in [0.29, 0.717) is 22.1 Å². The first-order valence-electron chi connectivity index (χ1n) is 6.94. The molecule has 0 saturated heterocycles. The first-order chi connectivity index (χ1) is 9.68. The van der Waals surface area contributed by atoms with E-state index in [2.05, 4.69) is 9.97 Å². The second-order valence-electron chi connectivity index (χ2n) is 5.26. The summed E-state index contributed by atoms with van der Waals surface area (Å²) in [7, 11) is 1.88. The fourth-order valence-corrected chi connectivity index (χ4v) is 3.80. The molecule has 0 aliphatic heterocycles. The van der Waals surface area contributed by atoms with E-state index < -0.39 is 0 Å². The van der Waals surface area contributed by atoms with Gasteiger partial charge in [-0.1, -0.05) is 19.3 Å². The highest BCUT2D eigenvalue weighted by Gasteiger charge is 2.26. The highest BCUT2D eigenvalue weighted by atomic mass is 32.1. The summed E-state index contributed by atoms with van der Waals surface area (Å²) in [6.45, 7) is 0. The van der Waals surface area contributed by atoms with Crippen molar-refractivity contribution in [2.24, 2.45) is 0 Å². The first kappa shape index (κ1) is 13.3. The molecule has 2 aromatic rings. The van der Waals surface area contributed by atoms with E-state index in [1.54, 1.807) is 12.4 Å². The van der Waals surface area contributed by atoms with Crippen molar-refractivity contribution in [3.05, 3.63) is 17.3 Å². The minimum absolute atomic E-state index is 0.000741. The van der Waals surface area contributed by atoms with Crippen LogP contribution in [-0.2, 0) is 0 Å². The van der Waals surface area contributed by atoms with Gasteiger partial charge in [0.2, 0.25) is 0 Å². The third-order valence-electron chi connectivity index (χ3n) is 4.00. The van der Waals surface area contributed by atoms with E-state index in [9.17, 15) is 4.79 Å². The molecule has 2 aromatic heterocycles. The molecule has 20 heavy (non-hydrogen) atoms. The van der Waals surface area contributed by atoms with Gasteiger partial charge in [-0.05, 0) is 12.8 Å². The zero-order chi connectivity index (χ0) is 14.1. The van der Waals surface area contributed by atoms with Gasteiger partial charge < -0.3 is 10.6 Å². The number of amides is 1. The Bertz CT molecular complexity index is 633. The molecule has 6 heteroatoms. The summed E-state index contributed by atoms with van der Waals surface area (Å²) in [5.74, 6) is -0.000741. The van der Waals surface area contributed by atoms with Gasteiger partial charge in [0.05, 0.1) is 5.69 Å². The summed E-state index contributed by atoms with van der Waals surface area (Å²) in [5, 5.41) is 0. The van der Waals surface area contributed by atoms with Gasteiger partial charge in [0, 0.05) is 25.5 Å². The molecular weight excluding hydrogens is 272 g/mol. The molecule has 0 atom stereocenters. The molecule has 2 N–H and O–H groups in total. The van der Waals surface area contributed by atoms with E-state index in [-0.39, 0.29) is 5.91 Å². The van der Waals surface area contributed by atoms with Crippen molar-refractivity contribution in [3.63, 3.8) is 0 Å². The lowest BCUT2D eigenvalue weighted by molar-refractivity contribution is 0.0702. The maximum absolute atomic E-state index is 12.6. The van der Waals surface area contributed by atoms with Gasteiger partial charge in [0.25, 0.3) is 5.91 Å². The number of carbonyl (C=O) groups excluding carboxylic acids is 1. The predicted octanol–water partition coefficient (Wildman–Crippen LogP) is 2.68. The van der Waals surface area contributed by atoms with Crippen LogP contribution in [0.2, 0.25) is 0 Å². The molecule has 0 spiro atoms. The van der Waals surface area contributed by atoms with Crippen LogP contribution in [0.25, 0.3) is 10.3 Å². The summed E-state index contributed by atoms with van der Waals surface area (Å²) >= 11 is 1.33. The number of hydrogen-bond acceptors (Lipinski definition) is 5. The smallest absolute Gasteiger partial charge is 0.266 e. The standard InChI is InChI=1S/C14H18N4OS/c1-18(9-5-3-2-4-6-9)14(19)12-10(15)11-13(20-12)17-8-7-16-11/h7-9H,2-6,15H2,1H3. The molecule has 106 valence electrons. The van der Waals surface area contributed by atoms with Crippen molar-refractivity contribution >= 4 is 33.3 Å². The number of thiophene rings is 1. The highest BCUT2D eigenvalue weighted by Crippen LogP contribution is 2.32. The maximum atomic E-state index is 12.6. The van der Waals surface area contributed by atoms with Crippen molar-refractivity contribution < 1.29 is 4.79 Å². The molecule has 0 aromatic carbocycles. The summed E-state index contributed by atoms with van der Waals surface area (Å²) < 4.78 is 0. The minimum Gasteiger partial charge on any atom is -0.396 e. The van der Waals surface area contributed by atoms with Crippen molar-refractivity contribution in [2.45, 2.75) is 38.1 Å². The van der Waals surface area contributed by atoms with Crippen LogP contribution in [0.4, 0.5) is 5.69 Å². The minimum atomic E-state index is -0.000741. The Hall–Kier alpha value is -1.69. The Morgan fingerprint density at radius 2 is 2.00 bits per heavy atom. The zero-order valence-electron chi connectivity index (χ0n) is 11.5. The Morgan fingerprint density at radius 3 is 2.70 bits per heavy atom. The second-order valence-corrected chi connectivity index (χ2v) is 6.26. The summed E-state index contributed by atoms with van der Waals surface area (Å²) in [6, 6.07) is 0.335. The van der Waals surface area contributed by atoms with Crippen molar-refractivity contribution in [2.75, 3.05) is 12.8 Å². The lowest BCUT2D eigenvalue weighted by Gasteiger charge is -2.31. The van der Waals surface area contributed by atoms with E-state index in [0.717, 1.165) is 17.7 Å². The number of aromatic nitrogens is 2. The van der Waals surface area contributed by atoms with Crippen LogP contribution in [0.5, 0.6) is 0 Å². The van der Waals surface area contributed by atoms with Crippen LogP contribution in [0, 0.1) is 0 Å². The number of rotatable bonds is 2. The molecular formula is C14H18N4OS. The van der Waals surface area contributed by atoms with E-state index in [4.69, 9.17) is 5.73 Å². The van der Waals surface area contributed by atoms with E-state index in [1.807, 2.05) is 11.9 Å². The molecule has 1 aliphatic carbocycles. The molecule has 0 bridgehead atoms. The molecule has 5 nitrogen and oxygen atoms in total. The number of nitrogens with two attached hydrogens (primary N) is 1. The van der Waals surface area contributed by atoms with Crippen LogP contribution in [0.3, 0.4) is 0 Å². The Balaban J connectivity index is 1.89. The molecule has 1 saturated carbocycles. The summed E-state index contributed by atoms with van der Waals surface area (Å²) in [6.07, 6.45) is 9.08. The second kappa shape index (κ2) is 5.36. The van der Waals surface area contributed by atoms with Crippen molar-refractivity contribution in [1.29, 1.82) is 0 Å². The van der Waals surface area contributed by atoms with E-state index in [1.165, 1.54) is 30.6 Å². The maximum Gasteiger partial charge on any atom is 0.266 e. The van der Waals surface area contributed by atoms with Gasteiger partial charge in [-0.15, -0.1) is 11.3 Å². The first-order valence-corrected chi connectivity index (χ1v) is 7.76. The number of hydrogen-bond donors (Lipinski definition) is 1. The van der Waals surface area contributed by atoms with E-state index >= 15 is 0 Å². The number of fused-ring (bicyclic) bond motifs is 1. The van der Waals surface area contributed by atoms with Crippen LogP contribution < -0.4 is 5.73 Å². The third-order valence-corrected chi connectivity index (χ3v) is 5.09. The number of nitrogen functional groups attached to an aromatic ring is 1. The van der Waals surface area contributed by atoms with Crippen LogP contribution in [0.1, 0.15) is 41.8 Å². The van der Waals surface area contributed by atoms with Gasteiger partial charge >= 0.3 is 0 Å². The van der Waals surface area contributed by atoms with Gasteiger partial charge in [0.15, 0.2) is 0 Å². The molecule has 0 unspecified atom stereocenters. The molecule has 2 heterocycles. The summed E-state index contributed by atoms with van der Waals surface area (Å²) in [4.78, 5) is 24.2. The van der Waals surface area contributed by atoms with Crippen molar-refractivity contribution in [3.8, 4) is 0 Å². The lowest BCUT2D eigenvalue weighted by Crippen LogP contribution is -2.38.